The summed E-state index contributed by atoms with van der Waals surface area (Å²) in [6, 6.07) is 24.9. The zero-order valence-corrected chi connectivity index (χ0v) is 21.8. The van der Waals surface area contributed by atoms with E-state index in [-0.39, 0.29) is 17.9 Å². The summed E-state index contributed by atoms with van der Waals surface area (Å²) in [7, 11) is 0. The fraction of sp³-hybridized carbons (Fsp3) is 0.194. The van der Waals surface area contributed by atoms with Gasteiger partial charge in [-0.2, -0.15) is 5.10 Å². The Kier molecular flexibility index (Phi) is 6.31. The van der Waals surface area contributed by atoms with Crippen LogP contribution in [-0.4, -0.2) is 21.6 Å². The lowest BCUT2D eigenvalue weighted by Gasteiger charge is -2.32. The molecule has 0 unspecified atom stereocenters. The fourth-order valence-corrected chi connectivity index (χ4v) is 5.80. The zero-order chi connectivity index (χ0) is 25.5. The Hall–Kier alpha value is -3.47. The number of hydrogen-bond acceptors (Lipinski definition) is 3. The van der Waals surface area contributed by atoms with Crippen LogP contribution in [0.25, 0.3) is 17.0 Å². The van der Waals surface area contributed by atoms with Crippen LogP contribution in [0.5, 0.6) is 0 Å². The van der Waals surface area contributed by atoms with E-state index in [0.717, 1.165) is 40.6 Å². The van der Waals surface area contributed by atoms with Crippen LogP contribution in [0.15, 0.2) is 95.7 Å². The minimum absolute atomic E-state index is 0.0922. The Morgan fingerprint density at radius 2 is 1.70 bits per heavy atom. The molecule has 37 heavy (non-hydrogen) atoms. The molecule has 6 heteroatoms. The van der Waals surface area contributed by atoms with Gasteiger partial charge in [-0.1, -0.05) is 60.5 Å². The minimum atomic E-state index is -0.208. The van der Waals surface area contributed by atoms with Crippen molar-refractivity contribution in [2.45, 2.75) is 25.8 Å². The highest BCUT2D eigenvalue weighted by Gasteiger charge is 2.45. The summed E-state index contributed by atoms with van der Waals surface area (Å²) in [6.45, 7) is 2.27. The van der Waals surface area contributed by atoms with E-state index in [1.807, 2.05) is 78.9 Å². The molecule has 1 saturated carbocycles. The summed E-state index contributed by atoms with van der Waals surface area (Å²) < 4.78 is 0. The number of carbonyl (C=O) groups excluding carboxylic acids is 1. The number of hydrazone groups is 1. The average Bonchev–Trinajstić information content (AvgIpc) is 3.29. The summed E-state index contributed by atoms with van der Waals surface area (Å²) in [6.07, 6.45) is 5.81. The molecule has 6 rings (SSSR count). The number of pyridine rings is 1. The van der Waals surface area contributed by atoms with E-state index in [1.165, 1.54) is 5.57 Å². The second-order valence-electron chi connectivity index (χ2n) is 9.91. The van der Waals surface area contributed by atoms with Crippen molar-refractivity contribution in [3.05, 3.63) is 117 Å². The number of nitrogens with zero attached hydrogens (tertiary/aromatic N) is 3. The van der Waals surface area contributed by atoms with E-state index in [4.69, 9.17) is 28.3 Å². The fourth-order valence-electron chi connectivity index (χ4n) is 5.55. The summed E-state index contributed by atoms with van der Waals surface area (Å²) in [5.74, 6) is 0.430. The summed E-state index contributed by atoms with van der Waals surface area (Å²) in [4.78, 5) is 18.4. The largest absolute Gasteiger partial charge is 0.274 e. The molecule has 1 amide bonds. The van der Waals surface area contributed by atoms with Crippen LogP contribution in [0.1, 0.15) is 47.3 Å². The van der Waals surface area contributed by atoms with E-state index in [0.29, 0.717) is 21.5 Å². The van der Waals surface area contributed by atoms with Gasteiger partial charge in [0.25, 0.3) is 5.91 Å². The Morgan fingerprint density at radius 1 is 0.973 bits per heavy atom. The molecule has 0 radical (unpaired) electrons. The molecule has 2 aliphatic rings. The van der Waals surface area contributed by atoms with E-state index in [9.17, 15) is 4.79 Å². The molecule has 1 aromatic heterocycles. The van der Waals surface area contributed by atoms with Crippen molar-refractivity contribution < 1.29 is 4.79 Å². The van der Waals surface area contributed by atoms with Crippen molar-refractivity contribution in [1.29, 1.82) is 0 Å². The Morgan fingerprint density at radius 3 is 2.46 bits per heavy atom. The quantitative estimate of drug-likeness (QED) is 0.270. The van der Waals surface area contributed by atoms with Crippen molar-refractivity contribution >= 4 is 51.8 Å². The molecular weight excluding hydrogens is 501 g/mol. The van der Waals surface area contributed by atoms with E-state index in [1.54, 1.807) is 11.2 Å². The van der Waals surface area contributed by atoms with Crippen LogP contribution in [0, 0.1) is 11.8 Å². The van der Waals surface area contributed by atoms with Crippen molar-refractivity contribution in [3.63, 3.8) is 0 Å². The van der Waals surface area contributed by atoms with Gasteiger partial charge in [0, 0.05) is 33.1 Å². The molecule has 3 atom stereocenters. The molecule has 4 nitrogen and oxygen atoms in total. The molecule has 184 valence electrons. The maximum absolute atomic E-state index is 14.0. The standard InChI is InChI=1S/C31H25Cl2N3O/c1-19-15-24(17-20-4-9-25(32)10-5-20)29-27(16-19)30(21-6-11-26(33)12-7-21)36(35-29)31(37)23-8-13-28-22(18-23)3-2-14-34-28/h2-14,17-19,27,30H,15-16H2,1H3/b24-17+/t19-,27+,30+/m1/s1. The molecule has 4 aromatic rings. The minimum Gasteiger partial charge on any atom is -0.267 e. The number of benzene rings is 3. The van der Waals surface area contributed by atoms with E-state index in [2.05, 4.69) is 18.0 Å². The predicted octanol–water partition coefficient (Wildman–Crippen LogP) is 8.22. The Balaban J connectivity index is 1.45. The van der Waals surface area contributed by atoms with Gasteiger partial charge in [-0.25, -0.2) is 5.01 Å². The molecule has 0 spiro atoms. The van der Waals surface area contributed by atoms with Gasteiger partial charge in [-0.15, -0.1) is 0 Å². The average molecular weight is 526 g/mol. The second kappa shape index (κ2) is 9.77. The number of halogens is 2. The molecule has 0 N–H and O–H groups in total. The van der Waals surface area contributed by atoms with Crippen LogP contribution < -0.4 is 0 Å². The lowest BCUT2D eigenvalue weighted by atomic mass is 9.73. The first-order valence-electron chi connectivity index (χ1n) is 12.4. The molecule has 1 aliphatic heterocycles. The summed E-state index contributed by atoms with van der Waals surface area (Å²) >= 11 is 12.3. The second-order valence-corrected chi connectivity index (χ2v) is 10.8. The van der Waals surface area contributed by atoms with Crippen LogP contribution in [0.2, 0.25) is 10.0 Å². The summed E-state index contributed by atoms with van der Waals surface area (Å²) in [5.41, 5.74) is 5.72. The van der Waals surface area contributed by atoms with Gasteiger partial charge >= 0.3 is 0 Å². The molecule has 1 fully saturated rings. The number of rotatable bonds is 3. The van der Waals surface area contributed by atoms with Gasteiger partial charge in [0.05, 0.1) is 17.3 Å². The first-order valence-corrected chi connectivity index (χ1v) is 13.2. The van der Waals surface area contributed by atoms with Crippen molar-refractivity contribution in [1.82, 2.24) is 9.99 Å². The smallest absolute Gasteiger partial charge is 0.267 e. The maximum Gasteiger partial charge on any atom is 0.274 e. The molecule has 0 bridgehead atoms. The maximum atomic E-state index is 14.0. The number of aromatic nitrogens is 1. The normalized spacial score (nSPS) is 22.2. The van der Waals surface area contributed by atoms with Crippen molar-refractivity contribution in [3.8, 4) is 0 Å². The van der Waals surface area contributed by atoms with Gasteiger partial charge in [-0.05, 0) is 90.1 Å². The highest BCUT2D eigenvalue weighted by molar-refractivity contribution is 6.30. The van der Waals surface area contributed by atoms with Crippen LogP contribution in [0.4, 0.5) is 0 Å². The third-order valence-electron chi connectivity index (χ3n) is 7.25. The molecule has 1 aliphatic carbocycles. The van der Waals surface area contributed by atoms with Gasteiger partial charge in [0.2, 0.25) is 0 Å². The third kappa shape index (κ3) is 4.68. The van der Waals surface area contributed by atoms with Crippen LogP contribution in [-0.2, 0) is 0 Å². The highest BCUT2D eigenvalue weighted by atomic mass is 35.5. The Bertz CT molecular complexity index is 1540. The highest BCUT2D eigenvalue weighted by Crippen LogP contribution is 2.46. The number of amides is 1. The van der Waals surface area contributed by atoms with Gasteiger partial charge in [-0.3, -0.25) is 9.78 Å². The first-order chi connectivity index (χ1) is 18.0. The lowest BCUT2D eigenvalue weighted by molar-refractivity contribution is 0.0676. The van der Waals surface area contributed by atoms with Gasteiger partial charge in [0.1, 0.15) is 0 Å². The number of hydrogen-bond donors (Lipinski definition) is 0. The molecular formula is C31H25Cl2N3O. The van der Waals surface area contributed by atoms with Crippen LogP contribution >= 0.6 is 23.2 Å². The zero-order valence-electron chi connectivity index (χ0n) is 20.3. The molecule has 3 aromatic carbocycles. The number of allylic oxidation sites excluding steroid dienone is 1. The third-order valence-corrected chi connectivity index (χ3v) is 7.75. The number of fused-ring (bicyclic) bond motifs is 2. The van der Waals surface area contributed by atoms with E-state index >= 15 is 0 Å². The topological polar surface area (TPSA) is 45.6 Å². The number of carbonyl (C=O) groups is 1. The molecule has 2 heterocycles. The van der Waals surface area contributed by atoms with Gasteiger partial charge in [0.15, 0.2) is 0 Å². The molecule has 0 saturated heterocycles. The van der Waals surface area contributed by atoms with Gasteiger partial charge < -0.3 is 0 Å². The lowest BCUT2D eigenvalue weighted by Crippen LogP contribution is -2.33. The first kappa shape index (κ1) is 23.9. The monoisotopic (exact) mass is 525 g/mol. The van der Waals surface area contributed by atoms with Crippen LogP contribution in [0.3, 0.4) is 0 Å². The Labute approximate surface area is 226 Å². The van der Waals surface area contributed by atoms with E-state index < -0.39 is 0 Å². The predicted molar refractivity (Wildman–Crippen MR) is 151 cm³/mol. The SMILES string of the molecule is C[C@@H]1C/C(=C\c2ccc(Cl)cc2)C2=NN(C(=O)c3ccc4ncccc4c3)[C@@H](c3ccc(Cl)cc3)[C@H]2C1. The van der Waals surface area contributed by atoms with Crippen molar-refractivity contribution in [2.24, 2.45) is 16.9 Å². The summed E-state index contributed by atoms with van der Waals surface area (Å²) in [5, 5.41) is 9.03. The van der Waals surface area contributed by atoms with Crippen molar-refractivity contribution in [2.75, 3.05) is 0 Å².